The first-order valence-corrected chi connectivity index (χ1v) is 6.83. The van der Waals surface area contributed by atoms with Gasteiger partial charge in [0.1, 0.15) is 0 Å². The van der Waals surface area contributed by atoms with Crippen LogP contribution in [0.4, 0.5) is 0 Å². The van der Waals surface area contributed by atoms with Crippen molar-refractivity contribution in [2.45, 2.75) is 6.54 Å². The molecule has 0 aliphatic heterocycles. The van der Waals surface area contributed by atoms with Crippen LogP contribution in [-0.4, -0.2) is 20.4 Å². The van der Waals surface area contributed by atoms with Gasteiger partial charge in [0.05, 0.1) is 27.0 Å². The Labute approximate surface area is 129 Å². The molecule has 0 radical (unpaired) electrons. The molecule has 4 nitrogen and oxygen atoms in total. The number of benzene rings is 2. The highest BCUT2D eigenvalue weighted by molar-refractivity contribution is 6.30. The van der Waals surface area contributed by atoms with Gasteiger partial charge in [-0.1, -0.05) is 29.8 Å². The molecule has 0 aromatic heterocycles. The van der Waals surface area contributed by atoms with Crippen LogP contribution >= 0.6 is 11.6 Å². The Morgan fingerprint density at radius 1 is 1.10 bits per heavy atom. The zero-order valence-electron chi connectivity index (χ0n) is 12.0. The molecule has 1 N–H and O–H groups in total. The highest BCUT2D eigenvalue weighted by Crippen LogP contribution is 2.27. The number of hydrogen-bond donors (Lipinski definition) is 1. The molecule has 0 aliphatic rings. The van der Waals surface area contributed by atoms with Crippen molar-refractivity contribution in [3.8, 4) is 11.5 Å². The van der Waals surface area contributed by atoms with E-state index in [9.17, 15) is 0 Å². The van der Waals surface area contributed by atoms with Crippen LogP contribution in [0.25, 0.3) is 0 Å². The molecule has 2 rings (SSSR count). The van der Waals surface area contributed by atoms with E-state index < -0.39 is 0 Å². The predicted octanol–water partition coefficient (Wildman–Crippen LogP) is 3.48. The molecule has 0 unspecified atom stereocenters. The van der Waals surface area contributed by atoms with Gasteiger partial charge in [-0.3, -0.25) is 0 Å². The summed E-state index contributed by atoms with van der Waals surface area (Å²) in [6, 6.07) is 13.3. The Balaban J connectivity index is 1.94. The van der Waals surface area contributed by atoms with E-state index in [1.54, 1.807) is 20.4 Å². The summed E-state index contributed by atoms with van der Waals surface area (Å²) in [5.41, 5.74) is 4.99. The molecule has 0 bridgehead atoms. The summed E-state index contributed by atoms with van der Waals surface area (Å²) in [4.78, 5) is 0. The smallest absolute Gasteiger partial charge is 0.161 e. The molecule has 110 valence electrons. The third-order valence-electron chi connectivity index (χ3n) is 2.88. The van der Waals surface area contributed by atoms with E-state index in [2.05, 4.69) is 10.5 Å². The third-order valence-corrected chi connectivity index (χ3v) is 3.12. The summed E-state index contributed by atoms with van der Waals surface area (Å²) in [6.07, 6.45) is 1.73. The number of halogens is 1. The van der Waals surface area contributed by atoms with E-state index in [4.69, 9.17) is 21.1 Å². The van der Waals surface area contributed by atoms with Gasteiger partial charge < -0.3 is 14.9 Å². The summed E-state index contributed by atoms with van der Waals surface area (Å²) in [7, 11) is 3.23. The average Bonchev–Trinajstić information content (AvgIpc) is 2.51. The Morgan fingerprint density at radius 2 is 1.90 bits per heavy atom. The maximum Gasteiger partial charge on any atom is 0.161 e. The molecule has 0 atom stereocenters. The molecule has 0 saturated heterocycles. The molecule has 0 heterocycles. The Bertz CT molecular complexity index is 629. The number of nitrogens with one attached hydrogen (secondary N) is 1. The molecule has 2 aromatic carbocycles. The van der Waals surface area contributed by atoms with Crippen molar-refractivity contribution >= 4 is 17.8 Å². The molecule has 0 aliphatic carbocycles. The molecule has 0 fully saturated rings. The second-order valence-electron chi connectivity index (χ2n) is 4.34. The van der Waals surface area contributed by atoms with Crippen LogP contribution < -0.4 is 14.9 Å². The van der Waals surface area contributed by atoms with Crippen molar-refractivity contribution in [2.75, 3.05) is 14.2 Å². The lowest BCUT2D eigenvalue weighted by Gasteiger charge is -2.09. The zero-order chi connectivity index (χ0) is 15.1. The molecular weight excluding hydrogens is 288 g/mol. The van der Waals surface area contributed by atoms with Crippen LogP contribution in [0.3, 0.4) is 0 Å². The molecule has 2 aromatic rings. The van der Waals surface area contributed by atoms with Gasteiger partial charge in [-0.2, -0.15) is 5.10 Å². The largest absolute Gasteiger partial charge is 0.493 e. The predicted molar refractivity (Wildman–Crippen MR) is 85.4 cm³/mol. The first-order valence-electron chi connectivity index (χ1n) is 6.45. The minimum absolute atomic E-state index is 0.595. The maximum absolute atomic E-state index is 5.91. The van der Waals surface area contributed by atoms with Crippen LogP contribution in [0.1, 0.15) is 11.1 Å². The van der Waals surface area contributed by atoms with Gasteiger partial charge in [0.2, 0.25) is 0 Å². The van der Waals surface area contributed by atoms with E-state index in [0.717, 1.165) is 11.1 Å². The van der Waals surface area contributed by atoms with E-state index in [1.807, 2.05) is 42.5 Å². The van der Waals surface area contributed by atoms with Gasteiger partial charge in [-0.25, -0.2) is 0 Å². The van der Waals surface area contributed by atoms with Gasteiger partial charge >= 0.3 is 0 Å². The molecule has 5 heteroatoms. The number of rotatable bonds is 6. The van der Waals surface area contributed by atoms with Crippen molar-refractivity contribution in [3.63, 3.8) is 0 Å². The monoisotopic (exact) mass is 304 g/mol. The summed E-state index contributed by atoms with van der Waals surface area (Å²) >= 11 is 5.91. The molecular formula is C16H17ClN2O2. The quantitative estimate of drug-likeness (QED) is 0.656. The van der Waals surface area contributed by atoms with Crippen molar-refractivity contribution in [2.24, 2.45) is 5.10 Å². The number of hydrogen-bond acceptors (Lipinski definition) is 4. The summed E-state index contributed by atoms with van der Waals surface area (Å²) in [5, 5.41) is 4.86. The number of hydrazone groups is 1. The first-order chi connectivity index (χ1) is 10.2. The van der Waals surface area contributed by atoms with Gasteiger partial charge in [0.25, 0.3) is 0 Å². The lowest BCUT2D eigenvalue weighted by atomic mass is 10.2. The average molecular weight is 305 g/mol. The van der Waals surface area contributed by atoms with Crippen LogP contribution in [0.15, 0.2) is 47.6 Å². The second-order valence-corrected chi connectivity index (χ2v) is 4.77. The fraction of sp³-hybridized carbons (Fsp3) is 0.188. The van der Waals surface area contributed by atoms with Crippen LogP contribution in [-0.2, 0) is 6.54 Å². The second kappa shape index (κ2) is 7.55. The number of methoxy groups -OCH3 is 2. The SMILES string of the molecule is COc1ccc(CN/N=C\c2cccc(Cl)c2)cc1OC. The Hall–Kier alpha value is -2.20. The van der Waals surface area contributed by atoms with Crippen molar-refractivity contribution in [1.29, 1.82) is 0 Å². The van der Waals surface area contributed by atoms with Crippen LogP contribution in [0.5, 0.6) is 11.5 Å². The van der Waals surface area contributed by atoms with Gasteiger partial charge in [-0.05, 0) is 35.4 Å². The van der Waals surface area contributed by atoms with Crippen LogP contribution in [0, 0.1) is 0 Å². The highest BCUT2D eigenvalue weighted by atomic mass is 35.5. The Morgan fingerprint density at radius 3 is 2.62 bits per heavy atom. The van der Waals surface area contributed by atoms with Crippen molar-refractivity contribution < 1.29 is 9.47 Å². The fourth-order valence-electron chi connectivity index (χ4n) is 1.83. The molecule has 0 saturated carbocycles. The van der Waals surface area contributed by atoms with Crippen LogP contribution in [0.2, 0.25) is 5.02 Å². The molecule has 0 spiro atoms. The van der Waals surface area contributed by atoms with E-state index >= 15 is 0 Å². The standard InChI is InChI=1S/C16H17ClN2O2/c1-20-15-7-6-13(9-16(15)21-2)11-19-18-10-12-4-3-5-14(17)8-12/h3-10,19H,11H2,1-2H3/b18-10-. The third kappa shape index (κ3) is 4.39. The van der Waals surface area contributed by atoms with Crippen molar-refractivity contribution in [3.05, 3.63) is 58.6 Å². The molecule has 21 heavy (non-hydrogen) atoms. The Kier molecular flexibility index (Phi) is 5.46. The lowest BCUT2D eigenvalue weighted by Crippen LogP contribution is -2.06. The minimum atomic E-state index is 0.595. The fourth-order valence-corrected chi connectivity index (χ4v) is 2.03. The lowest BCUT2D eigenvalue weighted by molar-refractivity contribution is 0.354. The van der Waals surface area contributed by atoms with E-state index in [-0.39, 0.29) is 0 Å². The van der Waals surface area contributed by atoms with Crippen molar-refractivity contribution in [1.82, 2.24) is 5.43 Å². The summed E-state index contributed by atoms with van der Waals surface area (Å²) < 4.78 is 10.5. The number of ether oxygens (including phenoxy) is 2. The van der Waals surface area contributed by atoms with Gasteiger partial charge in [0, 0.05) is 5.02 Å². The normalized spacial score (nSPS) is 10.6. The van der Waals surface area contributed by atoms with E-state index in [0.29, 0.717) is 23.1 Å². The van der Waals surface area contributed by atoms with Gasteiger partial charge in [-0.15, -0.1) is 0 Å². The minimum Gasteiger partial charge on any atom is -0.493 e. The highest BCUT2D eigenvalue weighted by Gasteiger charge is 2.03. The van der Waals surface area contributed by atoms with E-state index in [1.165, 1.54) is 0 Å². The summed E-state index contributed by atoms with van der Waals surface area (Å²) in [5.74, 6) is 1.42. The number of nitrogens with zero attached hydrogens (tertiary/aromatic N) is 1. The first kappa shape index (κ1) is 15.2. The summed E-state index contributed by atoms with van der Waals surface area (Å²) in [6.45, 7) is 0.595. The molecule has 0 amide bonds. The zero-order valence-corrected chi connectivity index (χ0v) is 12.7. The topological polar surface area (TPSA) is 42.8 Å². The van der Waals surface area contributed by atoms with Gasteiger partial charge in [0.15, 0.2) is 11.5 Å². The maximum atomic E-state index is 5.91.